The van der Waals surface area contributed by atoms with Crippen molar-refractivity contribution in [3.8, 4) is 0 Å². The van der Waals surface area contributed by atoms with Crippen LogP contribution in [0.5, 0.6) is 0 Å². The molecule has 96 valence electrons. The van der Waals surface area contributed by atoms with Gasteiger partial charge in [-0.2, -0.15) is 0 Å². The number of nitrogens with one attached hydrogen (secondary N) is 1. The van der Waals surface area contributed by atoms with Crippen LogP contribution in [0.4, 0.5) is 0 Å². The lowest BCUT2D eigenvalue weighted by atomic mass is 10.1. The highest BCUT2D eigenvalue weighted by Gasteiger charge is 2.30. The molecule has 0 amide bonds. The Bertz CT molecular complexity index is 203. The molecule has 2 heteroatoms. The summed E-state index contributed by atoms with van der Waals surface area (Å²) in [5.74, 6) is 1.71. The van der Waals surface area contributed by atoms with E-state index in [1.54, 1.807) is 0 Å². The van der Waals surface area contributed by atoms with Crippen molar-refractivity contribution in [1.29, 1.82) is 0 Å². The van der Waals surface area contributed by atoms with Gasteiger partial charge in [-0.1, -0.05) is 6.92 Å². The first kappa shape index (κ1) is 14.0. The van der Waals surface area contributed by atoms with Crippen LogP contribution in [-0.2, 0) is 0 Å². The molecule has 1 aliphatic carbocycles. The first-order valence-electron chi connectivity index (χ1n) is 6.75. The molecular weight excluding hydrogens is 196 g/mol. The second-order valence-corrected chi connectivity index (χ2v) is 6.75. The lowest BCUT2D eigenvalue weighted by Gasteiger charge is -2.29. The molecule has 0 aromatic carbocycles. The maximum atomic E-state index is 3.58. The number of hydrogen-bond acceptors (Lipinski definition) is 2. The third-order valence-electron chi connectivity index (χ3n) is 3.58. The van der Waals surface area contributed by atoms with Gasteiger partial charge in [0, 0.05) is 18.1 Å². The van der Waals surface area contributed by atoms with Crippen LogP contribution in [0.2, 0.25) is 0 Å². The van der Waals surface area contributed by atoms with Crippen molar-refractivity contribution >= 4 is 0 Å². The summed E-state index contributed by atoms with van der Waals surface area (Å²) in [6.45, 7) is 13.7. The van der Waals surface area contributed by atoms with Crippen LogP contribution in [0.25, 0.3) is 0 Å². The average molecular weight is 226 g/mol. The molecule has 0 spiro atoms. The second-order valence-electron chi connectivity index (χ2n) is 6.75. The predicted octanol–water partition coefficient (Wildman–Crippen LogP) is 2.74. The Kier molecular flexibility index (Phi) is 4.81. The van der Waals surface area contributed by atoms with Gasteiger partial charge in [-0.25, -0.2) is 0 Å². The van der Waals surface area contributed by atoms with E-state index in [0.29, 0.717) is 0 Å². The van der Waals surface area contributed by atoms with Crippen molar-refractivity contribution < 1.29 is 0 Å². The van der Waals surface area contributed by atoms with Crippen LogP contribution in [-0.4, -0.2) is 36.6 Å². The maximum Gasteiger partial charge on any atom is 0.00966 e. The highest BCUT2D eigenvalue weighted by Crippen LogP contribution is 2.34. The molecule has 0 aromatic rings. The second kappa shape index (κ2) is 5.50. The lowest BCUT2D eigenvalue weighted by Crippen LogP contribution is -2.42. The first-order valence-corrected chi connectivity index (χ1v) is 6.75. The molecule has 0 radical (unpaired) electrons. The Morgan fingerprint density at radius 2 is 1.81 bits per heavy atom. The molecule has 1 saturated carbocycles. The quantitative estimate of drug-likeness (QED) is 0.749. The Labute approximate surface area is 102 Å². The van der Waals surface area contributed by atoms with Gasteiger partial charge in [0.15, 0.2) is 0 Å². The topological polar surface area (TPSA) is 15.3 Å². The molecule has 1 fully saturated rings. The third-order valence-corrected chi connectivity index (χ3v) is 3.58. The van der Waals surface area contributed by atoms with Gasteiger partial charge in [-0.3, -0.25) is 0 Å². The summed E-state index contributed by atoms with van der Waals surface area (Å²) in [6.07, 6.45) is 2.89. The van der Waals surface area contributed by atoms with Crippen LogP contribution in [0.1, 0.15) is 47.5 Å². The molecule has 16 heavy (non-hydrogen) atoms. The fraction of sp³-hybridized carbons (Fsp3) is 1.00. The minimum absolute atomic E-state index is 0.245. The zero-order valence-corrected chi connectivity index (χ0v) is 12.0. The fourth-order valence-electron chi connectivity index (χ4n) is 2.14. The molecule has 2 unspecified atom stereocenters. The van der Waals surface area contributed by atoms with Gasteiger partial charge in [-0.05, 0) is 66.0 Å². The molecule has 1 aliphatic rings. The van der Waals surface area contributed by atoms with E-state index in [2.05, 4.69) is 51.9 Å². The molecule has 0 bridgehead atoms. The Morgan fingerprint density at radius 3 is 2.25 bits per heavy atom. The summed E-state index contributed by atoms with van der Waals surface area (Å²) >= 11 is 0. The van der Waals surface area contributed by atoms with Crippen LogP contribution < -0.4 is 5.32 Å². The lowest BCUT2D eigenvalue weighted by molar-refractivity contribution is 0.198. The minimum atomic E-state index is 0.245. The van der Waals surface area contributed by atoms with E-state index in [1.165, 1.54) is 19.4 Å². The Morgan fingerprint density at radius 1 is 1.25 bits per heavy atom. The van der Waals surface area contributed by atoms with Gasteiger partial charge >= 0.3 is 0 Å². The highest BCUT2D eigenvalue weighted by molar-refractivity contribution is 4.84. The van der Waals surface area contributed by atoms with Crippen molar-refractivity contribution in [3.05, 3.63) is 0 Å². The van der Waals surface area contributed by atoms with Crippen LogP contribution in [0, 0.1) is 11.8 Å². The van der Waals surface area contributed by atoms with Gasteiger partial charge in [0.25, 0.3) is 0 Å². The van der Waals surface area contributed by atoms with E-state index in [1.807, 2.05) is 0 Å². The minimum Gasteiger partial charge on any atom is -0.312 e. The number of rotatable bonds is 6. The standard InChI is InChI=1S/C14H30N2/c1-11(9-15-14(3,4)5)10-16(6)12(2)13-7-8-13/h11-13,15H,7-10H2,1-6H3. The van der Waals surface area contributed by atoms with Crippen molar-refractivity contribution in [1.82, 2.24) is 10.2 Å². The molecule has 0 heterocycles. The van der Waals surface area contributed by atoms with Crippen LogP contribution in [0.3, 0.4) is 0 Å². The molecule has 0 saturated heterocycles. The molecular formula is C14H30N2. The van der Waals surface area contributed by atoms with E-state index >= 15 is 0 Å². The van der Waals surface area contributed by atoms with E-state index < -0.39 is 0 Å². The van der Waals surface area contributed by atoms with Crippen molar-refractivity contribution in [2.45, 2.75) is 59.0 Å². The number of hydrogen-bond donors (Lipinski definition) is 1. The summed E-state index contributed by atoms with van der Waals surface area (Å²) in [4.78, 5) is 2.53. The highest BCUT2D eigenvalue weighted by atomic mass is 15.1. The predicted molar refractivity (Wildman–Crippen MR) is 71.7 cm³/mol. The summed E-state index contributed by atoms with van der Waals surface area (Å²) in [5.41, 5.74) is 0.245. The largest absolute Gasteiger partial charge is 0.312 e. The molecule has 2 nitrogen and oxygen atoms in total. The summed E-state index contributed by atoms with van der Waals surface area (Å²) in [6, 6.07) is 0.775. The molecule has 1 N–H and O–H groups in total. The van der Waals surface area contributed by atoms with Gasteiger partial charge in [0.1, 0.15) is 0 Å². The monoisotopic (exact) mass is 226 g/mol. The molecule has 0 aliphatic heterocycles. The van der Waals surface area contributed by atoms with Gasteiger partial charge < -0.3 is 10.2 Å². The zero-order valence-electron chi connectivity index (χ0n) is 12.0. The molecule has 1 rings (SSSR count). The van der Waals surface area contributed by atoms with Crippen LogP contribution >= 0.6 is 0 Å². The molecule has 0 aromatic heterocycles. The fourth-order valence-corrected chi connectivity index (χ4v) is 2.14. The zero-order chi connectivity index (χ0) is 12.3. The van der Waals surface area contributed by atoms with E-state index in [0.717, 1.165) is 24.4 Å². The van der Waals surface area contributed by atoms with Gasteiger partial charge in [0.05, 0.1) is 0 Å². The Hall–Kier alpha value is -0.0800. The van der Waals surface area contributed by atoms with E-state index in [9.17, 15) is 0 Å². The van der Waals surface area contributed by atoms with Crippen molar-refractivity contribution in [3.63, 3.8) is 0 Å². The maximum absolute atomic E-state index is 3.58. The summed E-state index contributed by atoms with van der Waals surface area (Å²) in [5, 5.41) is 3.58. The molecule has 2 atom stereocenters. The van der Waals surface area contributed by atoms with Crippen molar-refractivity contribution in [2.75, 3.05) is 20.1 Å². The normalized spacial score (nSPS) is 21.2. The number of nitrogens with zero attached hydrogens (tertiary/aromatic N) is 1. The van der Waals surface area contributed by atoms with E-state index in [-0.39, 0.29) is 5.54 Å². The smallest absolute Gasteiger partial charge is 0.00966 e. The Balaban J connectivity index is 2.19. The van der Waals surface area contributed by atoms with Crippen LogP contribution in [0.15, 0.2) is 0 Å². The summed E-state index contributed by atoms with van der Waals surface area (Å²) in [7, 11) is 2.27. The van der Waals surface area contributed by atoms with Crippen molar-refractivity contribution in [2.24, 2.45) is 11.8 Å². The first-order chi connectivity index (χ1) is 7.29. The van der Waals surface area contributed by atoms with Gasteiger partial charge in [-0.15, -0.1) is 0 Å². The van der Waals surface area contributed by atoms with E-state index in [4.69, 9.17) is 0 Å². The SMILES string of the molecule is CC(CNC(C)(C)C)CN(C)C(C)C1CC1. The van der Waals surface area contributed by atoms with Gasteiger partial charge in [0.2, 0.25) is 0 Å². The average Bonchev–Trinajstić information content (AvgIpc) is 2.95. The third kappa shape index (κ3) is 5.31. The summed E-state index contributed by atoms with van der Waals surface area (Å²) < 4.78 is 0.